The highest BCUT2D eigenvalue weighted by molar-refractivity contribution is 5.98. The van der Waals surface area contributed by atoms with Crippen LogP contribution in [-0.4, -0.2) is 31.4 Å². The molecule has 0 aromatic heterocycles. The topological polar surface area (TPSA) is 69.7 Å². The molecule has 0 aliphatic heterocycles. The van der Waals surface area contributed by atoms with Crippen molar-refractivity contribution in [1.29, 1.82) is 0 Å². The van der Waals surface area contributed by atoms with Crippen molar-refractivity contribution in [2.45, 2.75) is 26.7 Å². The Labute approximate surface area is 117 Å². The van der Waals surface area contributed by atoms with E-state index in [4.69, 9.17) is 9.47 Å². The lowest BCUT2D eigenvalue weighted by molar-refractivity contribution is -0.143. The Morgan fingerprint density at radius 1 is 1.15 bits per heavy atom. The Hall–Kier alpha value is -2.17. The van der Waals surface area contributed by atoms with Crippen molar-refractivity contribution in [3.8, 4) is 0 Å². The van der Waals surface area contributed by atoms with Gasteiger partial charge < -0.3 is 9.47 Å². The third-order valence-electron chi connectivity index (χ3n) is 2.66. The van der Waals surface area contributed by atoms with Crippen LogP contribution in [0.15, 0.2) is 18.2 Å². The lowest BCUT2D eigenvalue weighted by Crippen LogP contribution is -2.09. The maximum absolute atomic E-state index is 11.6. The van der Waals surface area contributed by atoms with Crippen molar-refractivity contribution in [2.75, 3.05) is 13.2 Å². The van der Waals surface area contributed by atoms with Crippen molar-refractivity contribution in [3.63, 3.8) is 0 Å². The molecule has 0 amide bonds. The average Bonchev–Trinajstić information content (AvgIpc) is 2.45. The van der Waals surface area contributed by atoms with Gasteiger partial charge in [0.15, 0.2) is 6.29 Å². The quantitative estimate of drug-likeness (QED) is 0.564. The maximum atomic E-state index is 11.6. The Morgan fingerprint density at radius 2 is 1.85 bits per heavy atom. The van der Waals surface area contributed by atoms with Crippen LogP contribution in [-0.2, 0) is 20.7 Å². The second-order valence-corrected chi connectivity index (χ2v) is 4.06. The van der Waals surface area contributed by atoms with E-state index in [1.807, 2.05) is 0 Å². The summed E-state index contributed by atoms with van der Waals surface area (Å²) in [6.45, 7) is 4.05. The van der Waals surface area contributed by atoms with Crippen LogP contribution in [0.5, 0.6) is 0 Å². The van der Waals surface area contributed by atoms with Crippen molar-refractivity contribution in [3.05, 3.63) is 34.9 Å². The molecule has 0 heterocycles. The molecule has 20 heavy (non-hydrogen) atoms. The van der Waals surface area contributed by atoms with Gasteiger partial charge in [-0.2, -0.15) is 0 Å². The fraction of sp³-hybridized carbons (Fsp3) is 0.400. The molecule has 1 aromatic carbocycles. The molecule has 0 saturated heterocycles. The Bertz CT molecular complexity index is 493. The summed E-state index contributed by atoms with van der Waals surface area (Å²) in [6.07, 6.45) is 1.31. The molecule has 0 unspecified atom stereocenters. The van der Waals surface area contributed by atoms with Gasteiger partial charge in [-0.25, -0.2) is 4.79 Å². The summed E-state index contributed by atoms with van der Waals surface area (Å²) in [4.78, 5) is 33.9. The largest absolute Gasteiger partial charge is 0.466 e. The third kappa shape index (κ3) is 4.50. The predicted octanol–water partition coefficient (Wildman–Crippen LogP) is 2.17. The van der Waals surface area contributed by atoms with Crippen LogP contribution >= 0.6 is 0 Å². The average molecular weight is 278 g/mol. The molecular formula is C15H18O5. The van der Waals surface area contributed by atoms with E-state index in [0.29, 0.717) is 19.3 Å². The number of hydrogen-bond acceptors (Lipinski definition) is 5. The number of rotatable bonds is 7. The second kappa shape index (κ2) is 8.09. The van der Waals surface area contributed by atoms with Crippen molar-refractivity contribution in [2.24, 2.45) is 0 Å². The van der Waals surface area contributed by atoms with Gasteiger partial charge in [0.1, 0.15) is 0 Å². The highest BCUT2D eigenvalue weighted by Gasteiger charge is 2.13. The standard InChI is InChI=1S/C15H18O5/c1-3-19-14(17)8-6-11-5-7-13(12(9-11)10-16)15(18)20-4-2/h5,7,9-10H,3-4,6,8H2,1-2H3. The third-order valence-corrected chi connectivity index (χ3v) is 2.66. The molecule has 1 rings (SSSR count). The summed E-state index contributed by atoms with van der Waals surface area (Å²) in [5, 5.41) is 0. The molecule has 0 N–H and O–H groups in total. The van der Waals surface area contributed by atoms with Gasteiger partial charge in [0.05, 0.1) is 18.8 Å². The normalized spacial score (nSPS) is 9.90. The molecule has 0 aliphatic carbocycles. The summed E-state index contributed by atoms with van der Waals surface area (Å²) in [5.74, 6) is -0.804. The van der Waals surface area contributed by atoms with Gasteiger partial charge in [-0.1, -0.05) is 6.07 Å². The summed E-state index contributed by atoms with van der Waals surface area (Å²) >= 11 is 0. The summed E-state index contributed by atoms with van der Waals surface area (Å²) < 4.78 is 9.70. The number of hydrogen-bond donors (Lipinski definition) is 0. The van der Waals surface area contributed by atoms with Crippen LogP contribution in [0.25, 0.3) is 0 Å². The lowest BCUT2D eigenvalue weighted by Gasteiger charge is -2.07. The predicted molar refractivity (Wildman–Crippen MR) is 72.7 cm³/mol. The van der Waals surface area contributed by atoms with Crippen molar-refractivity contribution < 1.29 is 23.9 Å². The molecule has 0 bridgehead atoms. The summed E-state index contributed by atoms with van der Waals surface area (Å²) in [7, 11) is 0. The van der Waals surface area contributed by atoms with Crippen LogP contribution in [0.1, 0.15) is 46.5 Å². The van der Waals surface area contributed by atoms with E-state index < -0.39 is 5.97 Å². The number of carbonyl (C=O) groups is 3. The molecule has 108 valence electrons. The zero-order valence-electron chi connectivity index (χ0n) is 11.7. The zero-order valence-corrected chi connectivity index (χ0v) is 11.7. The molecule has 1 aromatic rings. The minimum Gasteiger partial charge on any atom is -0.466 e. The first kappa shape index (κ1) is 15.9. The van der Waals surface area contributed by atoms with E-state index in [9.17, 15) is 14.4 Å². The van der Waals surface area contributed by atoms with E-state index in [-0.39, 0.29) is 30.1 Å². The number of aldehydes is 1. The van der Waals surface area contributed by atoms with E-state index in [1.165, 1.54) is 0 Å². The number of benzene rings is 1. The molecule has 5 heteroatoms. The van der Waals surface area contributed by atoms with Crippen LogP contribution in [0.3, 0.4) is 0 Å². The van der Waals surface area contributed by atoms with E-state index in [2.05, 4.69) is 0 Å². The SMILES string of the molecule is CCOC(=O)CCc1ccc(C(=O)OCC)c(C=O)c1. The Morgan fingerprint density at radius 3 is 2.45 bits per heavy atom. The second-order valence-electron chi connectivity index (χ2n) is 4.06. The number of aryl methyl sites for hydroxylation is 1. The van der Waals surface area contributed by atoms with Crippen LogP contribution in [0.2, 0.25) is 0 Å². The number of esters is 2. The number of carbonyl (C=O) groups excluding carboxylic acids is 3. The monoisotopic (exact) mass is 278 g/mol. The molecule has 0 atom stereocenters. The molecule has 5 nitrogen and oxygen atoms in total. The smallest absolute Gasteiger partial charge is 0.338 e. The van der Waals surface area contributed by atoms with Gasteiger partial charge in [-0.05, 0) is 38.0 Å². The van der Waals surface area contributed by atoms with E-state index in [0.717, 1.165) is 5.56 Å². The van der Waals surface area contributed by atoms with Gasteiger partial charge in [0.2, 0.25) is 0 Å². The highest BCUT2D eigenvalue weighted by atomic mass is 16.5. The van der Waals surface area contributed by atoms with Crippen LogP contribution < -0.4 is 0 Å². The van der Waals surface area contributed by atoms with Crippen molar-refractivity contribution in [1.82, 2.24) is 0 Å². The first-order valence-corrected chi connectivity index (χ1v) is 6.53. The molecule has 0 aliphatic rings. The summed E-state index contributed by atoms with van der Waals surface area (Å²) in [5.41, 5.74) is 1.31. The Kier molecular flexibility index (Phi) is 6.43. The van der Waals surface area contributed by atoms with Gasteiger partial charge >= 0.3 is 11.9 Å². The molecular weight excluding hydrogens is 260 g/mol. The molecule has 0 spiro atoms. The highest BCUT2D eigenvalue weighted by Crippen LogP contribution is 2.13. The minimum absolute atomic E-state index is 0.238. The van der Waals surface area contributed by atoms with E-state index >= 15 is 0 Å². The van der Waals surface area contributed by atoms with Gasteiger partial charge in [-0.3, -0.25) is 9.59 Å². The minimum atomic E-state index is -0.522. The van der Waals surface area contributed by atoms with Crippen LogP contribution in [0.4, 0.5) is 0 Å². The fourth-order valence-electron chi connectivity index (χ4n) is 1.74. The van der Waals surface area contributed by atoms with Gasteiger partial charge in [0, 0.05) is 12.0 Å². The first-order chi connectivity index (χ1) is 9.62. The van der Waals surface area contributed by atoms with Crippen LogP contribution in [0, 0.1) is 0 Å². The maximum Gasteiger partial charge on any atom is 0.338 e. The number of ether oxygens (including phenoxy) is 2. The van der Waals surface area contributed by atoms with Gasteiger partial charge in [-0.15, -0.1) is 0 Å². The van der Waals surface area contributed by atoms with Gasteiger partial charge in [0.25, 0.3) is 0 Å². The lowest BCUT2D eigenvalue weighted by atomic mass is 10.0. The molecule has 0 saturated carbocycles. The fourth-order valence-corrected chi connectivity index (χ4v) is 1.74. The van der Waals surface area contributed by atoms with Crippen molar-refractivity contribution >= 4 is 18.2 Å². The Balaban J connectivity index is 2.79. The molecule has 0 radical (unpaired) electrons. The molecule has 0 fully saturated rings. The zero-order chi connectivity index (χ0) is 15.0. The summed E-state index contributed by atoms with van der Waals surface area (Å²) in [6, 6.07) is 4.85. The van der Waals surface area contributed by atoms with E-state index in [1.54, 1.807) is 32.0 Å². The first-order valence-electron chi connectivity index (χ1n) is 6.53.